The van der Waals surface area contributed by atoms with Crippen LogP contribution in [0.5, 0.6) is 5.75 Å². The van der Waals surface area contributed by atoms with E-state index in [0.29, 0.717) is 11.3 Å². The monoisotopic (exact) mass is 445 g/mol. The van der Waals surface area contributed by atoms with E-state index in [1.807, 2.05) is 6.07 Å². The Labute approximate surface area is 177 Å². The number of rotatable bonds is 6. The summed E-state index contributed by atoms with van der Waals surface area (Å²) in [6.45, 7) is 0.889. The maximum Gasteiger partial charge on any atom is 0.367 e. The highest BCUT2D eigenvalue weighted by Gasteiger charge is 2.65. The lowest BCUT2D eigenvalue weighted by molar-refractivity contribution is -0.109. The van der Waals surface area contributed by atoms with Gasteiger partial charge in [-0.15, -0.1) is 0 Å². The summed E-state index contributed by atoms with van der Waals surface area (Å²) in [6.07, 6.45) is -1.51. The fourth-order valence-electron chi connectivity index (χ4n) is 3.61. The number of aliphatic hydroxyl groups is 2. The van der Waals surface area contributed by atoms with Crippen LogP contribution in [0, 0.1) is 11.3 Å². The van der Waals surface area contributed by atoms with Crippen molar-refractivity contribution < 1.29 is 28.6 Å². The molecule has 5 atom stereocenters. The zero-order valence-electron chi connectivity index (χ0n) is 16.4. The third kappa shape index (κ3) is 3.44. The maximum atomic E-state index is 12.2. The van der Waals surface area contributed by atoms with Crippen molar-refractivity contribution in [3.8, 4) is 11.8 Å². The molecule has 0 bridgehead atoms. The topological polar surface area (TPSA) is 165 Å². The second-order valence-corrected chi connectivity index (χ2v) is 8.17. The number of aliphatic hydroxyl groups excluding tert-OH is 1. The molecule has 0 amide bonds. The molecule has 1 aliphatic rings. The van der Waals surface area contributed by atoms with E-state index in [-0.39, 0.29) is 18.1 Å². The second kappa shape index (κ2) is 7.92. The van der Waals surface area contributed by atoms with Gasteiger partial charge in [0.05, 0.1) is 12.3 Å². The number of nitrogens with zero attached hydrogens (tertiary/aromatic N) is 4. The number of nitrogen functional groups attached to an aromatic ring is 1. The number of aromatic nitrogens is 3. The summed E-state index contributed by atoms with van der Waals surface area (Å²) in [5.74, 6) is 0.527. The SMILES string of the molecule is C[C@@]1(O)[C@H](O)[C@@H](CO[PH](=O)Oc2ccccc2)O[C@@]1(C#N)c1ccc2c(N)ncnn12. The number of anilines is 1. The lowest BCUT2D eigenvalue weighted by Gasteiger charge is -2.33. The molecule has 1 saturated heterocycles. The minimum atomic E-state index is -2.97. The fourth-order valence-corrected chi connectivity index (χ4v) is 4.29. The van der Waals surface area contributed by atoms with Crippen LogP contribution < -0.4 is 10.3 Å². The minimum Gasteiger partial charge on any atom is -0.426 e. The predicted octanol–water partition coefficient (Wildman–Crippen LogP) is 1.03. The first-order valence-corrected chi connectivity index (χ1v) is 10.5. The molecule has 162 valence electrons. The Morgan fingerprint density at radius 2 is 2.10 bits per heavy atom. The molecule has 0 saturated carbocycles. The van der Waals surface area contributed by atoms with Crippen LogP contribution >= 0.6 is 8.25 Å². The summed E-state index contributed by atoms with van der Waals surface area (Å²) in [5, 5.41) is 35.9. The Kier molecular flexibility index (Phi) is 5.43. The minimum absolute atomic E-state index is 0.152. The van der Waals surface area contributed by atoms with Gasteiger partial charge in [0, 0.05) is 0 Å². The summed E-state index contributed by atoms with van der Waals surface area (Å²) >= 11 is 0. The van der Waals surface area contributed by atoms with E-state index in [1.54, 1.807) is 36.4 Å². The Hall–Kier alpha value is -3.00. The summed E-state index contributed by atoms with van der Waals surface area (Å²) in [6, 6.07) is 13.5. The second-order valence-electron chi connectivity index (χ2n) is 7.18. The summed E-state index contributed by atoms with van der Waals surface area (Å²) in [5.41, 5.74) is 2.34. The van der Waals surface area contributed by atoms with Crippen molar-refractivity contribution in [1.82, 2.24) is 14.6 Å². The van der Waals surface area contributed by atoms with Crippen LogP contribution in [0.3, 0.4) is 0 Å². The summed E-state index contributed by atoms with van der Waals surface area (Å²) < 4.78 is 29.7. The largest absolute Gasteiger partial charge is 0.426 e. The lowest BCUT2D eigenvalue weighted by atomic mass is 9.80. The molecular formula is C19H20N5O6P. The van der Waals surface area contributed by atoms with E-state index in [2.05, 4.69) is 10.1 Å². The molecule has 0 radical (unpaired) electrons. The third-order valence-corrected chi connectivity index (χ3v) is 6.08. The van der Waals surface area contributed by atoms with E-state index in [0.717, 1.165) is 0 Å². The van der Waals surface area contributed by atoms with Crippen molar-refractivity contribution in [2.24, 2.45) is 0 Å². The van der Waals surface area contributed by atoms with E-state index in [1.165, 1.54) is 23.8 Å². The number of ether oxygens (including phenoxy) is 1. The standard InChI is InChI=1S/C19H20N5O6P/c1-18(26)16(25)14(9-28-31(27)30-12-5-3-2-4-6-12)29-19(18,10-20)15-8-7-13-17(21)22-11-23-24(13)15/h2-8,11,14,16,25-26,31H,9H2,1H3,(H2,21,22,23)/t14-,16-,18-,19+/m1/s1. The zero-order chi connectivity index (χ0) is 22.2. The molecule has 31 heavy (non-hydrogen) atoms. The smallest absolute Gasteiger partial charge is 0.367 e. The van der Waals surface area contributed by atoms with Gasteiger partial charge in [-0.25, -0.2) is 14.1 Å². The number of benzene rings is 1. The normalized spacial score (nSPS) is 29.0. The molecule has 2 aromatic heterocycles. The molecule has 1 aromatic carbocycles. The van der Waals surface area contributed by atoms with Gasteiger partial charge in [-0.05, 0) is 31.2 Å². The molecule has 4 N–H and O–H groups in total. The molecule has 3 aromatic rings. The number of nitrogens with two attached hydrogens (primary N) is 1. The maximum absolute atomic E-state index is 12.2. The van der Waals surface area contributed by atoms with Gasteiger partial charge in [-0.1, -0.05) is 18.2 Å². The van der Waals surface area contributed by atoms with E-state index in [4.69, 9.17) is 19.5 Å². The van der Waals surface area contributed by atoms with E-state index < -0.39 is 31.7 Å². The van der Waals surface area contributed by atoms with E-state index >= 15 is 0 Å². The highest BCUT2D eigenvalue weighted by molar-refractivity contribution is 7.33. The van der Waals surface area contributed by atoms with Gasteiger partial charge in [0.2, 0.25) is 5.60 Å². The molecule has 11 nitrogen and oxygen atoms in total. The number of hydrogen-bond donors (Lipinski definition) is 3. The molecule has 4 rings (SSSR count). The van der Waals surface area contributed by atoms with Gasteiger partial charge in [-0.2, -0.15) is 10.4 Å². The van der Waals surface area contributed by atoms with Gasteiger partial charge in [-0.3, -0.25) is 4.52 Å². The first kappa shape index (κ1) is 21.2. The van der Waals surface area contributed by atoms with Gasteiger partial charge in [0.1, 0.15) is 41.5 Å². The Morgan fingerprint density at radius 3 is 2.81 bits per heavy atom. The van der Waals surface area contributed by atoms with Crippen molar-refractivity contribution in [2.45, 2.75) is 30.3 Å². The van der Waals surface area contributed by atoms with Crippen LogP contribution in [0.2, 0.25) is 0 Å². The Balaban J connectivity index is 1.58. The Bertz CT molecular complexity index is 1160. The van der Waals surface area contributed by atoms with Gasteiger partial charge >= 0.3 is 8.25 Å². The molecule has 1 aliphatic heterocycles. The average Bonchev–Trinajstić information content (AvgIpc) is 3.27. The molecule has 0 aliphatic carbocycles. The van der Waals surface area contributed by atoms with Gasteiger partial charge in [0.25, 0.3) is 0 Å². The Morgan fingerprint density at radius 1 is 1.35 bits per heavy atom. The quantitative estimate of drug-likeness (QED) is 0.467. The van der Waals surface area contributed by atoms with Crippen molar-refractivity contribution in [3.05, 3.63) is 54.5 Å². The van der Waals surface area contributed by atoms with E-state index in [9.17, 15) is 20.0 Å². The van der Waals surface area contributed by atoms with Gasteiger partial charge < -0.3 is 25.2 Å². The number of nitriles is 1. The molecule has 12 heteroatoms. The van der Waals surface area contributed by atoms with Crippen molar-refractivity contribution in [2.75, 3.05) is 12.3 Å². The van der Waals surface area contributed by atoms with Crippen LogP contribution in [-0.2, 0) is 19.4 Å². The lowest BCUT2D eigenvalue weighted by Crippen LogP contribution is -2.52. The average molecular weight is 445 g/mol. The van der Waals surface area contributed by atoms with Crippen molar-refractivity contribution in [1.29, 1.82) is 5.26 Å². The number of hydrogen-bond acceptors (Lipinski definition) is 10. The van der Waals surface area contributed by atoms with Gasteiger partial charge in [0.15, 0.2) is 5.82 Å². The van der Waals surface area contributed by atoms with Crippen LogP contribution in [0.25, 0.3) is 5.52 Å². The molecule has 3 heterocycles. The third-order valence-electron chi connectivity index (χ3n) is 5.28. The molecule has 1 unspecified atom stereocenters. The summed E-state index contributed by atoms with van der Waals surface area (Å²) in [7, 11) is -2.97. The van der Waals surface area contributed by atoms with Crippen LogP contribution in [0.1, 0.15) is 12.6 Å². The van der Waals surface area contributed by atoms with Crippen molar-refractivity contribution >= 4 is 19.6 Å². The summed E-state index contributed by atoms with van der Waals surface area (Å²) in [4.78, 5) is 3.89. The molecule has 1 fully saturated rings. The van der Waals surface area contributed by atoms with Crippen LogP contribution in [0.4, 0.5) is 5.82 Å². The van der Waals surface area contributed by atoms with Crippen LogP contribution in [-0.4, -0.2) is 49.2 Å². The zero-order valence-corrected chi connectivity index (χ0v) is 17.4. The number of para-hydroxylation sites is 1. The van der Waals surface area contributed by atoms with Crippen LogP contribution in [0.15, 0.2) is 48.8 Å². The fraction of sp³-hybridized carbons (Fsp3) is 0.316. The van der Waals surface area contributed by atoms with Crippen molar-refractivity contribution in [3.63, 3.8) is 0 Å². The predicted molar refractivity (Wildman–Crippen MR) is 108 cm³/mol. The molecular weight excluding hydrogens is 425 g/mol. The highest BCUT2D eigenvalue weighted by atomic mass is 31.1. The first-order valence-electron chi connectivity index (χ1n) is 9.28. The number of fused-ring (bicyclic) bond motifs is 1. The first-order chi connectivity index (χ1) is 14.8. The highest BCUT2D eigenvalue weighted by Crippen LogP contribution is 2.47. The molecule has 0 spiro atoms.